The van der Waals surface area contributed by atoms with E-state index in [4.69, 9.17) is 4.74 Å². The Morgan fingerprint density at radius 3 is 3.06 bits per heavy atom. The van der Waals surface area contributed by atoms with Crippen molar-refractivity contribution in [2.24, 2.45) is 0 Å². The molecule has 16 heavy (non-hydrogen) atoms. The molecule has 2 rings (SSSR count). The SMILES string of the molecule is CCOc1ncccc1CNC1CCC1F. The molecule has 0 aromatic carbocycles. The number of alkyl halides is 1. The fourth-order valence-corrected chi connectivity index (χ4v) is 1.76. The third-order valence-corrected chi connectivity index (χ3v) is 2.88. The zero-order valence-electron chi connectivity index (χ0n) is 9.45. The number of rotatable bonds is 5. The quantitative estimate of drug-likeness (QED) is 0.831. The van der Waals surface area contributed by atoms with E-state index in [0.717, 1.165) is 12.0 Å². The van der Waals surface area contributed by atoms with Crippen LogP contribution in [-0.2, 0) is 6.54 Å². The maximum atomic E-state index is 13.0. The van der Waals surface area contributed by atoms with Crippen LogP contribution < -0.4 is 10.1 Å². The molecule has 1 aliphatic rings. The molecule has 1 fully saturated rings. The van der Waals surface area contributed by atoms with E-state index in [2.05, 4.69) is 10.3 Å². The zero-order valence-corrected chi connectivity index (χ0v) is 9.45. The Morgan fingerprint density at radius 2 is 2.44 bits per heavy atom. The van der Waals surface area contributed by atoms with Crippen LogP contribution in [0.1, 0.15) is 25.3 Å². The molecule has 2 unspecified atom stereocenters. The van der Waals surface area contributed by atoms with Gasteiger partial charge in [-0.1, -0.05) is 6.07 Å². The summed E-state index contributed by atoms with van der Waals surface area (Å²) in [5, 5.41) is 3.19. The van der Waals surface area contributed by atoms with Crippen molar-refractivity contribution in [1.82, 2.24) is 10.3 Å². The van der Waals surface area contributed by atoms with Gasteiger partial charge in [0.1, 0.15) is 6.17 Å². The Hall–Kier alpha value is -1.16. The van der Waals surface area contributed by atoms with Crippen molar-refractivity contribution in [3.05, 3.63) is 23.9 Å². The second kappa shape index (κ2) is 5.25. The largest absolute Gasteiger partial charge is 0.478 e. The van der Waals surface area contributed by atoms with Crippen molar-refractivity contribution in [3.63, 3.8) is 0 Å². The van der Waals surface area contributed by atoms with E-state index in [1.807, 2.05) is 19.1 Å². The average Bonchev–Trinajstić information content (AvgIpc) is 2.30. The minimum absolute atomic E-state index is 0.00897. The van der Waals surface area contributed by atoms with E-state index in [9.17, 15) is 4.39 Å². The molecule has 2 atom stereocenters. The number of pyridine rings is 1. The second-order valence-electron chi connectivity index (χ2n) is 3.98. The molecule has 1 aromatic rings. The summed E-state index contributed by atoms with van der Waals surface area (Å²) in [6.45, 7) is 3.14. The monoisotopic (exact) mass is 224 g/mol. The lowest BCUT2D eigenvalue weighted by atomic mass is 9.90. The van der Waals surface area contributed by atoms with Crippen LogP contribution >= 0.6 is 0 Å². The highest BCUT2D eigenvalue weighted by atomic mass is 19.1. The van der Waals surface area contributed by atoms with Crippen LogP contribution in [0.25, 0.3) is 0 Å². The number of hydrogen-bond donors (Lipinski definition) is 1. The van der Waals surface area contributed by atoms with Crippen LogP contribution in [-0.4, -0.2) is 23.8 Å². The third kappa shape index (κ3) is 2.50. The van der Waals surface area contributed by atoms with E-state index >= 15 is 0 Å². The maximum Gasteiger partial charge on any atom is 0.217 e. The first-order chi connectivity index (χ1) is 7.81. The van der Waals surface area contributed by atoms with Gasteiger partial charge in [0.25, 0.3) is 0 Å². The van der Waals surface area contributed by atoms with Crippen molar-refractivity contribution >= 4 is 0 Å². The molecular formula is C12H17FN2O. The molecule has 1 heterocycles. The Kier molecular flexibility index (Phi) is 3.72. The van der Waals surface area contributed by atoms with Crippen molar-refractivity contribution < 1.29 is 9.13 Å². The van der Waals surface area contributed by atoms with Crippen molar-refractivity contribution in [1.29, 1.82) is 0 Å². The molecule has 0 aliphatic heterocycles. The molecule has 0 bridgehead atoms. The van der Waals surface area contributed by atoms with Crippen LogP contribution in [0.15, 0.2) is 18.3 Å². The van der Waals surface area contributed by atoms with E-state index in [1.54, 1.807) is 6.20 Å². The number of aromatic nitrogens is 1. The molecule has 1 N–H and O–H groups in total. The van der Waals surface area contributed by atoms with E-state index < -0.39 is 6.17 Å². The summed E-state index contributed by atoms with van der Waals surface area (Å²) in [5.74, 6) is 0.646. The number of halogens is 1. The Balaban J connectivity index is 1.92. The molecule has 0 amide bonds. The Labute approximate surface area is 95.0 Å². The number of nitrogens with one attached hydrogen (secondary N) is 1. The third-order valence-electron chi connectivity index (χ3n) is 2.88. The first-order valence-corrected chi connectivity index (χ1v) is 5.75. The average molecular weight is 224 g/mol. The first-order valence-electron chi connectivity index (χ1n) is 5.75. The summed E-state index contributed by atoms with van der Waals surface area (Å²) in [7, 11) is 0. The van der Waals surface area contributed by atoms with Crippen LogP contribution in [0.5, 0.6) is 5.88 Å². The summed E-state index contributed by atoms with van der Waals surface area (Å²) in [6, 6.07) is 3.83. The molecule has 88 valence electrons. The fraction of sp³-hybridized carbons (Fsp3) is 0.583. The van der Waals surface area contributed by atoms with Gasteiger partial charge in [-0.25, -0.2) is 9.37 Å². The minimum atomic E-state index is -0.688. The van der Waals surface area contributed by atoms with Crippen LogP contribution in [0.4, 0.5) is 4.39 Å². The molecule has 1 aromatic heterocycles. The number of ether oxygens (including phenoxy) is 1. The lowest BCUT2D eigenvalue weighted by molar-refractivity contribution is 0.141. The van der Waals surface area contributed by atoms with Gasteiger partial charge in [-0.15, -0.1) is 0 Å². The lowest BCUT2D eigenvalue weighted by Crippen LogP contribution is -2.45. The van der Waals surface area contributed by atoms with Crippen molar-refractivity contribution in [2.75, 3.05) is 6.61 Å². The van der Waals surface area contributed by atoms with Crippen LogP contribution in [0, 0.1) is 0 Å². The smallest absolute Gasteiger partial charge is 0.217 e. The van der Waals surface area contributed by atoms with Gasteiger partial charge in [0.05, 0.1) is 6.61 Å². The van der Waals surface area contributed by atoms with Gasteiger partial charge in [0.2, 0.25) is 5.88 Å². The van der Waals surface area contributed by atoms with Gasteiger partial charge in [-0.2, -0.15) is 0 Å². The van der Waals surface area contributed by atoms with Crippen LogP contribution in [0.2, 0.25) is 0 Å². The van der Waals surface area contributed by atoms with Gasteiger partial charge in [0, 0.05) is 24.3 Å². The summed E-state index contributed by atoms with van der Waals surface area (Å²) in [5.41, 5.74) is 0.989. The summed E-state index contributed by atoms with van der Waals surface area (Å²) < 4.78 is 18.4. The molecule has 3 nitrogen and oxygen atoms in total. The molecular weight excluding hydrogens is 207 g/mol. The molecule has 0 radical (unpaired) electrons. The first kappa shape index (κ1) is 11.3. The summed E-state index contributed by atoms with van der Waals surface area (Å²) in [4.78, 5) is 4.15. The van der Waals surface area contributed by atoms with Gasteiger partial charge >= 0.3 is 0 Å². The molecule has 0 spiro atoms. The summed E-state index contributed by atoms with van der Waals surface area (Å²) >= 11 is 0. The van der Waals surface area contributed by atoms with E-state index in [1.165, 1.54) is 0 Å². The van der Waals surface area contributed by atoms with Gasteiger partial charge in [0.15, 0.2) is 0 Å². The Morgan fingerprint density at radius 1 is 1.56 bits per heavy atom. The highest BCUT2D eigenvalue weighted by Crippen LogP contribution is 2.24. The fourth-order valence-electron chi connectivity index (χ4n) is 1.76. The Bertz CT molecular complexity index is 346. The maximum absolute atomic E-state index is 13.0. The van der Waals surface area contributed by atoms with E-state index in [0.29, 0.717) is 25.5 Å². The second-order valence-corrected chi connectivity index (χ2v) is 3.98. The zero-order chi connectivity index (χ0) is 11.4. The predicted octanol–water partition coefficient (Wildman–Crippen LogP) is 2.07. The predicted molar refractivity (Wildman–Crippen MR) is 60.2 cm³/mol. The van der Waals surface area contributed by atoms with Crippen molar-refractivity contribution in [3.8, 4) is 5.88 Å². The summed E-state index contributed by atoms with van der Waals surface area (Å²) in [6.07, 6.45) is 2.62. The molecule has 1 aliphatic carbocycles. The molecule has 1 saturated carbocycles. The van der Waals surface area contributed by atoms with Gasteiger partial charge in [-0.3, -0.25) is 0 Å². The molecule has 4 heteroatoms. The van der Waals surface area contributed by atoms with E-state index in [-0.39, 0.29) is 6.04 Å². The highest BCUT2D eigenvalue weighted by Gasteiger charge is 2.30. The number of nitrogens with zero attached hydrogens (tertiary/aromatic N) is 1. The van der Waals surface area contributed by atoms with Gasteiger partial charge < -0.3 is 10.1 Å². The lowest BCUT2D eigenvalue weighted by Gasteiger charge is -2.31. The topological polar surface area (TPSA) is 34.1 Å². The standard InChI is InChI=1S/C12H17FN2O/c1-2-16-12-9(4-3-7-14-12)8-15-11-6-5-10(11)13/h3-4,7,10-11,15H,2,5-6,8H2,1H3. The van der Waals surface area contributed by atoms with Crippen molar-refractivity contribution in [2.45, 2.75) is 38.5 Å². The van der Waals surface area contributed by atoms with Crippen LogP contribution in [0.3, 0.4) is 0 Å². The normalized spacial score (nSPS) is 23.9. The van der Waals surface area contributed by atoms with Gasteiger partial charge in [-0.05, 0) is 25.8 Å². The highest BCUT2D eigenvalue weighted by molar-refractivity contribution is 5.25. The number of hydrogen-bond acceptors (Lipinski definition) is 3. The minimum Gasteiger partial charge on any atom is -0.478 e. The molecule has 0 saturated heterocycles.